The number of aryl methyl sites for hydroxylation is 1. The van der Waals surface area contributed by atoms with Crippen molar-refractivity contribution in [3.05, 3.63) is 45.3 Å². The van der Waals surface area contributed by atoms with E-state index in [0.29, 0.717) is 5.56 Å². The van der Waals surface area contributed by atoms with Crippen LogP contribution < -0.4 is 15.5 Å². The maximum absolute atomic E-state index is 12.7. The number of carbonyl (C=O) groups is 1. The largest absolute Gasteiger partial charge is 0.507 e. The summed E-state index contributed by atoms with van der Waals surface area (Å²) in [5.74, 6) is 0.203. The molecule has 2 aromatic rings. The Hall–Kier alpha value is -2.05. The fraction of sp³-hybridized carbons (Fsp3) is 0.389. The number of quaternary nitrogens is 1. The molecule has 1 unspecified atom stereocenters. The van der Waals surface area contributed by atoms with Gasteiger partial charge in [0.2, 0.25) is 0 Å². The number of para-hydroxylation sites is 1. The Morgan fingerprint density at radius 1 is 1.38 bits per heavy atom. The molecule has 4 rings (SSSR count). The van der Waals surface area contributed by atoms with Crippen LogP contribution in [0.25, 0.3) is 0 Å². The fourth-order valence-corrected chi connectivity index (χ4v) is 4.97. The van der Waals surface area contributed by atoms with Gasteiger partial charge in [-0.25, -0.2) is 0 Å². The van der Waals surface area contributed by atoms with Crippen molar-refractivity contribution in [3.63, 3.8) is 0 Å². The Balaban J connectivity index is 1.70. The summed E-state index contributed by atoms with van der Waals surface area (Å²) in [6.45, 7) is 7.26. The van der Waals surface area contributed by atoms with E-state index in [9.17, 15) is 9.90 Å². The molecule has 0 spiro atoms. The normalized spacial score (nSPS) is 22.3. The second kappa shape index (κ2) is 5.79. The number of amides is 1. The number of thiophene rings is 1. The van der Waals surface area contributed by atoms with Gasteiger partial charge in [-0.15, -0.1) is 11.3 Å². The average molecular weight is 344 g/mol. The number of phenols is 1. The fourth-order valence-electron chi connectivity index (χ4n) is 3.62. The van der Waals surface area contributed by atoms with Crippen LogP contribution in [0.5, 0.6) is 5.75 Å². The van der Waals surface area contributed by atoms with Crippen LogP contribution in [0.3, 0.4) is 0 Å². The van der Waals surface area contributed by atoms with Gasteiger partial charge in [0, 0.05) is 12.0 Å². The van der Waals surface area contributed by atoms with Crippen molar-refractivity contribution in [1.29, 1.82) is 0 Å². The first kappa shape index (κ1) is 15.5. The van der Waals surface area contributed by atoms with Crippen LogP contribution in [-0.4, -0.2) is 24.1 Å². The van der Waals surface area contributed by atoms with Crippen LogP contribution in [0.4, 0.5) is 5.00 Å². The Morgan fingerprint density at radius 2 is 2.21 bits per heavy atom. The zero-order chi connectivity index (χ0) is 16.8. The third kappa shape index (κ3) is 2.37. The minimum Gasteiger partial charge on any atom is -0.507 e. The van der Waals surface area contributed by atoms with E-state index < -0.39 is 0 Å². The second-order valence-corrected chi connectivity index (χ2v) is 7.66. The number of carbonyl (C=O) groups excluding carboxylic acids is 1. The molecule has 24 heavy (non-hydrogen) atoms. The van der Waals surface area contributed by atoms with Crippen LogP contribution in [0.1, 0.15) is 45.0 Å². The lowest BCUT2D eigenvalue weighted by Gasteiger charge is -2.28. The summed E-state index contributed by atoms with van der Waals surface area (Å²) in [5, 5.41) is 17.7. The molecule has 3 heterocycles. The lowest BCUT2D eigenvalue weighted by atomic mass is 9.99. The molecule has 2 aliphatic rings. The molecule has 0 saturated carbocycles. The van der Waals surface area contributed by atoms with E-state index in [4.69, 9.17) is 0 Å². The number of anilines is 1. The van der Waals surface area contributed by atoms with Crippen LogP contribution in [0.2, 0.25) is 0 Å². The monoisotopic (exact) mass is 344 g/mol. The number of fused-ring (bicyclic) bond motifs is 3. The Kier molecular flexibility index (Phi) is 3.73. The second-order valence-electron chi connectivity index (χ2n) is 6.55. The minimum atomic E-state index is -0.389. The first-order valence-corrected chi connectivity index (χ1v) is 9.24. The lowest BCUT2D eigenvalue weighted by molar-refractivity contribution is -0.913. The van der Waals surface area contributed by atoms with Crippen molar-refractivity contribution >= 4 is 22.2 Å². The van der Waals surface area contributed by atoms with Gasteiger partial charge < -0.3 is 20.6 Å². The van der Waals surface area contributed by atoms with Gasteiger partial charge in [-0.1, -0.05) is 18.2 Å². The molecule has 4 N–H and O–H groups in total. The highest BCUT2D eigenvalue weighted by Gasteiger charge is 2.34. The molecule has 1 amide bonds. The Labute approximate surface area is 145 Å². The summed E-state index contributed by atoms with van der Waals surface area (Å²) in [5.41, 5.74) is 3.54. The van der Waals surface area contributed by atoms with Gasteiger partial charge in [0.1, 0.15) is 23.5 Å². The van der Waals surface area contributed by atoms with Crippen molar-refractivity contribution < 1.29 is 14.8 Å². The summed E-state index contributed by atoms with van der Waals surface area (Å²) >= 11 is 1.69. The van der Waals surface area contributed by atoms with Crippen molar-refractivity contribution in [3.8, 4) is 5.75 Å². The van der Waals surface area contributed by atoms with Crippen LogP contribution in [0.15, 0.2) is 18.2 Å². The summed E-state index contributed by atoms with van der Waals surface area (Å²) in [7, 11) is 0. The lowest BCUT2D eigenvalue weighted by Crippen LogP contribution is -3.11. The molecule has 2 atom stereocenters. The highest BCUT2D eigenvalue weighted by Crippen LogP contribution is 2.40. The molecule has 5 nitrogen and oxygen atoms in total. The molecule has 1 aromatic heterocycles. The number of rotatable bonds is 2. The summed E-state index contributed by atoms with van der Waals surface area (Å²) < 4.78 is 0. The van der Waals surface area contributed by atoms with Gasteiger partial charge in [-0.2, -0.15) is 0 Å². The number of benzene rings is 1. The van der Waals surface area contributed by atoms with Gasteiger partial charge in [0.15, 0.2) is 0 Å². The zero-order valence-electron chi connectivity index (χ0n) is 13.9. The average Bonchev–Trinajstić information content (AvgIpc) is 2.94. The predicted molar refractivity (Wildman–Crippen MR) is 94.8 cm³/mol. The minimum absolute atomic E-state index is 0.0351. The van der Waals surface area contributed by atoms with E-state index in [1.165, 1.54) is 10.4 Å². The molecule has 0 fully saturated rings. The first-order chi connectivity index (χ1) is 11.6. The molecular formula is C18H22N3O2S+. The van der Waals surface area contributed by atoms with Gasteiger partial charge >= 0.3 is 0 Å². The predicted octanol–water partition coefficient (Wildman–Crippen LogP) is 1.58. The molecule has 126 valence electrons. The summed E-state index contributed by atoms with van der Waals surface area (Å²) in [6, 6.07) is 5.61. The van der Waals surface area contributed by atoms with Crippen molar-refractivity contribution in [2.24, 2.45) is 0 Å². The topological polar surface area (TPSA) is 65.8 Å². The number of phenolic OH excluding ortho intramolecular Hbond substituents is 1. The molecular weight excluding hydrogens is 322 g/mol. The Bertz CT molecular complexity index is 815. The SMILES string of the molecule is CC[NH+]1CCc2c(sc3c2C(=O)N[C@@H](c2cccc(C)c2O)N3)C1. The van der Waals surface area contributed by atoms with Crippen molar-refractivity contribution in [2.75, 3.05) is 18.4 Å². The number of hydrogen-bond acceptors (Lipinski definition) is 4. The highest BCUT2D eigenvalue weighted by molar-refractivity contribution is 7.16. The van der Waals surface area contributed by atoms with Gasteiger partial charge in [0.25, 0.3) is 5.91 Å². The smallest absolute Gasteiger partial charge is 0.256 e. The molecule has 0 aliphatic carbocycles. The number of hydrogen-bond donors (Lipinski definition) is 4. The summed E-state index contributed by atoms with van der Waals surface area (Å²) in [4.78, 5) is 15.6. The maximum atomic E-state index is 12.7. The van der Waals surface area contributed by atoms with Crippen LogP contribution in [-0.2, 0) is 13.0 Å². The molecule has 6 heteroatoms. The molecule has 0 saturated heterocycles. The standard InChI is InChI=1S/C18H21N3O2S/c1-3-21-8-7-11-13(9-21)24-18-14(11)17(23)19-16(20-18)12-6-4-5-10(2)15(12)22/h4-6,16,20,22H,3,7-9H2,1-2H3,(H,19,23)/p+1/t16-/m1/s1. The van der Waals surface area contributed by atoms with Gasteiger partial charge in [-0.3, -0.25) is 4.79 Å². The van der Waals surface area contributed by atoms with Crippen molar-refractivity contribution in [1.82, 2.24) is 5.32 Å². The van der Waals surface area contributed by atoms with E-state index in [1.54, 1.807) is 16.2 Å². The Morgan fingerprint density at radius 3 is 3.00 bits per heavy atom. The van der Waals surface area contributed by atoms with Crippen molar-refractivity contribution in [2.45, 2.75) is 33.0 Å². The maximum Gasteiger partial charge on any atom is 0.256 e. The van der Waals surface area contributed by atoms with E-state index in [0.717, 1.165) is 42.2 Å². The first-order valence-electron chi connectivity index (χ1n) is 8.42. The van der Waals surface area contributed by atoms with Gasteiger partial charge in [-0.05, 0) is 25.0 Å². The van der Waals surface area contributed by atoms with E-state index >= 15 is 0 Å². The van der Waals surface area contributed by atoms with Gasteiger partial charge in [0.05, 0.1) is 23.5 Å². The third-order valence-corrected chi connectivity index (χ3v) is 6.25. The van der Waals surface area contributed by atoms with E-state index in [2.05, 4.69) is 17.6 Å². The molecule has 0 radical (unpaired) electrons. The number of likely N-dealkylation sites (N-methyl/N-ethyl adjacent to an activating group) is 1. The highest BCUT2D eigenvalue weighted by atomic mass is 32.1. The molecule has 0 bridgehead atoms. The zero-order valence-corrected chi connectivity index (χ0v) is 14.7. The molecule has 2 aliphatic heterocycles. The van der Waals surface area contributed by atoms with Crippen LogP contribution >= 0.6 is 11.3 Å². The molecule has 1 aromatic carbocycles. The number of aromatic hydroxyl groups is 1. The van der Waals surface area contributed by atoms with Crippen LogP contribution in [0, 0.1) is 6.92 Å². The van der Waals surface area contributed by atoms with E-state index in [-0.39, 0.29) is 17.8 Å². The third-order valence-electron chi connectivity index (χ3n) is 5.09. The summed E-state index contributed by atoms with van der Waals surface area (Å²) in [6.07, 6.45) is 0.569. The quantitative estimate of drug-likeness (QED) is 0.669. The number of nitrogens with one attached hydrogen (secondary N) is 3. The van der Waals surface area contributed by atoms with E-state index in [1.807, 2.05) is 25.1 Å².